The lowest BCUT2D eigenvalue weighted by atomic mass is 9.49. The summed E-state index contributed by atoms with van der Waals surface area (Å²) in [6, 6.07) is 6.44. The molecular weight excluding hydrogens is 352 g/mol. The Kier molecular flexibility index (Phi) is 4.72. The quantitative estimate of drug-likeness (QED) is 0.776. The third kappa shape index (κ3) is 3.07. The van der Waals surface area contributed by atoms with Gasteiger partial charge >= 0.3 is 5.97 Å². The predicted octanol–water partition coefficient (Wildman–Crippen LogP) is 3.77. The molecule has 1 aromatic carbocycles. The standard InChI is InChI=1S/C20H28O5S/c1-13(2)14-5-7-16-15(11-14)6-8-17-19(16,3)9-4-10-20(17,18(21)22)12-26(23,24)25/h5,7,11,13,17H,4,6,8-10,12H2,1-3H3,(H,21,22)(H,23,24,25)/t17-,19-,20-/m1/s1. The van der Waals surface area contributed by atoms with Gasteiger partial charge < -0.3 is 5.11 Å². The Labute approximate surface area is 155 Å². The van der Waals surface area contributed by atoms with Gasteiger partial charge in [-0.1, -0.05) is 45.4 Å². The smallest absolute Gasteiger partial charge is 0.311 e. The number of aliphatic carboxylic acids is 1. The number of aryl methyl sites for hydroxylation is 1. The summed E-state index contributed by atoms with van der Waals surface area (Å²) in [7, 11) is -4.38. The minimum atomic E-state index is -4.38. The van der Waals surface area contributed by atoms with E-state index < -0.39 is 27.3 Å². The third-order valence-corrected chi connectivity index (χ3v) is 7.61. The van der Waals surface area contributed by atoms with Crippen LogP contribution in [0.3, 0.4) is 0 Å². The summed E-state index contributed by atoms with van der Waals surface area (Å²) in [5.74, 6) is -1.68. The second kappa shape index (κ2) is 6.34. The SMILES string of the molecule is CC(C)c1ccc2c(c1)CC[C@H]1[C@@](CS(=O)(=O)O)(C(=O)O)CCC[C@]21C. The summed E-state index contributed by atoms with van der Waals surface area (Å²) in [5, 5.41) is 9.99. The first-order valence-corrected chi connectivity index (χ1v) is 10.9. The van der Waals surface area contributed by atoms with Gasteiger partial charge in [-0.05, 0) is 59.6 Å². The Balaban J connectivity index is 2.11. The maximum absolute atomic E-state index is 12.2. The molecule has 0 bridgehead atoms. The molecule has 2 N–H and O–H groups in total. The van der Waals surface area contributed by atoms with E-state index in [2.05, 4.69) is 39.0 Å². The first-order chi connectivity index (χ1) is 12.0. The van der Waals surface area contributed by atoms with Gasteiger partial charge in [0.2, 0.25) is 0 Å². The van der Waals surface area contributed by atoms with Crippen molar-refractivity contribution in [3.05, 3.63) is 34.9 Å². The summed E-state index contributed by atoms with van der Waals surface area (Å²) in [5.41, 5.74) is 1.87. The van der Waals surface area contributed by atoms with E-state index in [1.54, 1.807) is 0 Å². The lowest BCUT2D eigenvalue weighted by Crippen LogP contribution is -2.56. The molecule has 1 aromatic rings. The molecule has 3 rings (SSSR count). The fourth-order valence-corrected chi connectivity index (χ4v) is 6.62. The average Bonchev–Trinajstić information content (AvgIpc) is 2.52. The van der Waals surface area contributed by atoms with Crippen molar-refractivity contribution in [2.45, 2.75) is 64.2 Å². The first-order valence-electron chi connectivity index (χ1n) is 9.31. The van der Waals surface area contributed by atoms with Crippen LogP contribution in [0.25, 0.3) is 0 Å². The molecule has 0 aromatic heterocycles. The molecule has 6 heteroatoms. The van der Waals surface area contributed by atoms with Crippen molar-refractivity contribution in [2.24, 2.45) is 11.3 Å². The molecule has 0 amide bonds. The van der Waals surface area contributed by atoms with E-state index in [9.17, 15) is 22.9 Å². The summed E-state index contributed by atoms with van der Waals surface area (Å²) in [6.07, 6.45) is 3.15. The minimum Gasteiger partial charge on any atom is -0.481 e. The molecule has 2 aliphatic rings. The lowest BCUT2D eigenvalue weighted by molar-refractivity contribution is -0.157. The molecule has 1 saturated carbocycles. The predicted molar refractivity (Wildman–Crippen MR) is 100 cm³/mol. The van der Waals surface area contributed by atoms with Crippen LogP contribution in [-0.4, -0.2) is 29.8 Å². The van der Waals surface area contributed by atoms with E-state index >= 15 is 0 Å². The van der Waals surface area contributed by atoms with Gasteiger partial charge in [-0.15, -0.1) is 0 Å². The lowest BCUT2D eigenvalue weighted by Gasteiger charge is -2.54. The van der Waals surface area contributed by atoms with E-state index in [0.29, 0.717) is 25.2 Å². The minimum absolute atomic E-state index is 0.293. The molecule has 144 valence electrons. The van der Waals surface area contributed by atoms with Gasteiger partial charge in [-0.3, -0.25) is 9.35 Å². The fourth-order valence-electron chi connectivity index (χ4n) is 5.50. The van der Waals surface area contributed by atoms with Crippen LogP contribution in [0, 0.1) is 11.3 Å². The fraction of sp³-hybridized carbons (Fsp3) is 0.650. The average molecular weight is 381 g/mol. The highest BCUT2D eigenvalue weighted by molar-refractivity contribution is 7.85. The zero-order valence-electron chi connectivity index (χ0n) is 15.7. The van der Waals surface area contributed by atoms with E-state index in [0.717, 1.165) is 18.4 Å². The molecule has 0 radical (unpaired) electrons. The maximum Gasteiger partial charge on any atom is 0.311 e. The number of carboxylic acid groups (broad SMARTS) is 1. The molecule has 0 spiro atoms. The van der Waals surface area contributed by atoms with Crippen molar-refractivity contribution in [3.63, 3.8) is 0 Å². The van der Waals surface area contributed by atoms with Crippen LogP contribution in [0.5, 0.6) is 0 Å². The molecule has 26 heavy (non-hydrogen) atoms. The summed E-state index contributed by atoms with van der Waals surface area (Å²) >= 11 is 0. The van der Waals surface area contributed by atoms with Crippen LogP contribution in [0.15, 0.2) is 18.2 Å². The highest BCUT2D eigenvalue weighted by atomic mass is 32.2. The van der Waals surface area contributed by atoms with Crippen molar-refractivity contribution in [1.82, 2.24) is 0 Å². The first kappa shape index (κ1) is 19.4. The molecule has 0 saturated heterocycles. The number of benzene rings is 1. The number of hydrogen-bond acceptors (Lipinski definition) is 3. The third-order valence-electron chi connectivity index (χ3n) is 6.73. The maximum atomic E-state index is 12.2. The number of carbonyl (C=O) groups is 1. The van der Waals surface area contributed by atoms with Crippen molar-refractivity contribution in [3.8, 4) is 0 Å². The molecule has 3 atom stereocenters. The Bertz CT molecular complexity index is 829. The molecule has 0 heterocycles. The Hall–Kier alpha value is -1.40. The van der Waals surface area contributed by atoms with E-state index in [-0.39, 0.29) is 11.3 Å². The van der Waals surface area contributed by atoms with Gasteiger partial charge in [0.05, 0.1) is 11.2 Å². The van der Waals surface area contributed by atoms with Crippen LogP contribution in [-0.2, 0) is 26.7 Å². The van der Waals surface area contributed by atoms with Crippen molar-refractivity contribution in [1.29, 1.82) is 0 Å². The van der Waals surface area contributed by atoms with Gasteiger partial charge in [-0.25, -0.2) is 0 Å². The molecular formula is C20H28O5S. The van der Waals surface area contributed by atoms with E-state index in [1.807, 2.05) is 0 Å². The summed E-state index contributed by atoms with van der Waals surface area (Å²) in [6.45, 7) is 6.38. The van der Waals surface area contributed by atoms with Gasteiger partial charge in [0, 0.05) is 0 Å². The van der Waals surface area contributed by atoms with Gasteiger partial charge in [-0.2, -0.15) is 8.42 Å². The van der Waals surface area contributed by atoms with E-state index in [4.69, 9.17) is 0 Å². The number of rotatable bonds is 4. The molecule has 0 unspecified atom stereocenters. The summed E-state index contributed by atoms with van der Waals surface area (Å²) < 4.78 is 32.8. The topological polar surface area (TPSA) is 91.7 Å². The van der Waals surface area contributed by atoms with Crippen LogP contribution >= 0.6 is 0 Å². The number of fused-ring (bicyclic) bond motifs is 3. The molecule has 1 fully saturated rings. The Morgan fingerprint density at radius 2 is 2.00 bits per heavy atom. The van der Waals surface area contributed by atoms with Crippen LogP contribution in [0.1, 0.15) is 69.1 Å². The largest absolute Gasteiger partial charge is 0.481 e. The van der Waals surface area contributed by atoms with Crippen molar-refractivity contribution >= 4 is 16.1 Å². The van der Waals surface area contributed by atoms with E-state index in [1.165, 1.54) is 11.1 Å². The van der Waals surface area contributed by atoms with Crippen LogP contribution in [0.4, 0.5) is 0 Å². The zero-order chi connectivity index (χ0) is 19.3. The zero-order valence-corrected chi connectivity index (χ0v) is 16.5. The Morgan fingerprint density at radius 3 is 2.58 bits per heavy atom. The Morgan fingerprint density at radius 1 is 1.31 bits per heavy atom. The highest BCUT2D eigenvalue weighted by Gasteiger charge is 2.59. The normalized spacial score (nSPS) is 31.3. The number of carboxylic acids is 1. The van der Waals surface area contributed by atoms with Gasteiger partial charge in [0.25, 0.3) is 10.1 Å². The molecule has 2 aliphatic carbocycles. The second-order valence-corrected chi connectivity index (χ2v) is 10.1. The van der Waals surface area contributed by atoms with Crippen LogP contribution in [0.2, 0.25) is 0 Å². The molecule has 5 nitrogen and oxygen atoms in total. The van der Waals surface area contributed by atoms with Gasteiger partial charge in [0.1, 0.15) is 0 Å². The van der Waals surface area contributed by atoms with Crippen LogP contribution < -0.4 is 0 Å². The van der Waals surface area contributed by atoms with Gasteiger partial charge in [0.15, 0.2) is 0 Å². The second-order valence-electron chi connectivity index (χ2n) is 8.62. The van der Waals surface area contributed by atoms with Crippen molar-refractivity contribution in [2.75, 3.05) is 5.75 Å². The molecule has 0 aliphatic heterocycles. The monoisotopic (exact) mass is 380 g/mol. The summed E-state index contributed by atoms with van der Waals surface area (Å²) in [4.78, 5) is 12.2. The van der Waals surface area contributed by atoms with Crippen molar-refractivity contribution < 1.29 is 22.9 Å². The number of hydrogen-bond donors (Lipinski definition) is 2. The highest BCUT2D eigenvalue weighted by Crippen LogP contribution is 2.58.